The molecule has 4 heteroatoms. The quantitative estimate of drug-likeness (QED) is 0.825. The van der Waals surface area contributed by atoms with Gasteiger partial charge >= 0.3 is 0 Å². The second-order valence-corrected chi connectivity index (χ2v) is 4.34. The van der Waals surface area contributed by atoms with E-state index in [0.717, 1.165) is 29.6 Å². The zero-order valence-electron chi connectivity index (χ0n) is 9.86. The van der Waals surface area contributed by atoms with Crippen LogP contribution in [-0.4, -0.2) is 21.9 Å². The van der Waals surface area contributed by atoms with Crippen molar-refractivity contribution in [3.63, 3.8) is 0 Å². The molecular formula is C13H16ClN3. The maximum absolute atomic E-state index is 5.79. The van der Waals surface area contributed by atoms with Crippen LogP contribution in [-0.2, 0) is 0 Å². The third kappa shape index (κ3) is 2.86. The Labute approximate surface area is 106 Å². The Morgan fingerprint density at radius 1 is 1.29 bits per heavy atom. The van der Waals surface area contributed by atoms with Crippen molar-refractivity contribution in [3.8, 4) is 0 Å². The van der Waals surface area contributed by atoms with Gasteiger partial charge < -0.3 is 5.32 Å². The third-order valence-corrected chi connectivity index (χ3v) is 3.05. The van der Waals surface area contributed by atoms with Crippen LogP contribution in [0.4, 0.5) is 5.82 Å². The smallest absolute Gasteiger partial charge is 0.137 e. The number of nitrogens with zero attached hydrogens (tertiary/aromatic N) is 2. The van der Waals surface area contributed by atoms with Crippen LogP contribution in [0, 0.1) is 0 Å². The molecule has 0 fully saturated rings. The summed E-state index contributed by atoms with van der Waals surface area (Å²) < 4.78 is 0. The first kappa shape index (κ1) is 12.1. The average molecular weight is 250 g/mol. The molecule has 0 aliphatic rings. The highest BCUT2D eigenvalue weighted by molar-refractivity contribution is 6.17. The Morgan fingerprint density at radius 3 is 2.88 bits per heavy atom. The zero-order valence-corrected chi connectivity index (χ0v) is 10.6. The van der Waals surface area contributed by atoms with E-state index in [-0.39, 0.29) is 0 Å². The maximum atomic E-state index is 5.79. The van der Waals surface area contributed by atoms with E-state index in [9.17, 15) is 0 Å². The van der Waals surface area contributed by atoms with Crippen molar-refractivity contribution in [1.29, 1.82) is 0 Å². The molecule has 0 saturated heterocycles. The van der Waals surface area contributed by atoms with Gasteiger partial charge in [0.2, 0.25) is 0 Å². The van der Waals surface area contributed by atoms with Gasteiger partial charge in [-0.1, -0.05) is 19.1 Å². The first-order chi connectivity index (χ1) is 8.35. The summed E-state index contributed by atoms with van der Waals surface area (Å²) in [6.45, 7) is 2.15. The van der Waals surface area contributed by atoms with Gasteiger partial charge in [-0.3, -0.25) is 0 Å². The number of hydrogen-bond acceptors (Lipinski definition) is 3. The predicted octanol–water partition coefficient (Wildman–Crippen LogP) is 3.45. The van der Waals surface area contributed by atoms with E-state index < -0.39 is 0 Å². The fourth-order valence-corrected chi connectivity index (χ4v) is 2.09. The summed E-state index contributed by atoms with van der Waals surface area (Å²) in [5.74, 6) is 1.56. The van der Waals surface area contributed by atoms with Crippen molar-refractivity contribution in [2.75, 3.05) is 11.2 Å². The highest BCUT2D eigenvalue weighted by atomic mass is 35.5. The second kappa shape index (κ2) is 5.82. The number of fused-ring (bicyclic) bond motifs is 1. The Bertz CT molecular complexity index is 482. The molecule has 0 bridgehead atoms. The monoisotopic (exact) mass is 249 g/mol. The Hall–Kier alpha value is -1.35. The molecule has 1 aromatic heterocycles. The highest BCUT2D eigenvalue weighted by Gasteiger charge is 2.08. The Kier molecular flexibility index (Phi) is 4.15. The van der Waals surface area contributed by atoms with Crippen LogP contribution < -0.4 is 5.32 Å². The number of benzene rings is 1. The molecule has 0 aliphatic heterocycles. The molecule has 0 saturated carbocycles. The van der Waals surface area contributed by atoms with Crippen LogP contribution in [0.5, 0.6) is 0 Å². The van der Waals surface area contributed by atoms with Crippen LogP contribution in [0.2, 0.25) is 0 Å². The summed E-state index contributed by atoms with van der Waals surface area (Å²) in [5.41, 5.74) is 0.964. The minimum absolute atomic E-state index is 0.366. The number of rotatable bonds is 5. The van der Waals surface area contributed by atoms with E-state index in [1.807, 2.05) is 24.3 Å². The van der Waals surface area contributed by atoms with E-state index in [1.165, 1.54) is 0 Å². The van der Waals surface area contributed by atoms with Crippen LogP contribution in [0.15, 0.2) is 30.6 Å². The molecule has 1 unspecified atom stereocenters. The molecule has 0 amide bonds. The lowest BCUT2D eigenvalue weighted by Gasteiger charge is -2.17. The molecule has 0 radical (unpaired) electrons. The van der Waals surface area contributed by atoms with Crippen molar-refractivity contribution in [1.82, 2.24) is 9.97 Å². The van der Waals surface area contributed by atoms with Crippen LogP contribution in [0.3, 0.4) is 0 Å². The van der Waals surface area contributed by atoms with Crippen molar-refractivity contribution >= 4 is 28.3 Å². The van der Waals surface area contributed by atoms with E-state index in [4.69, 9.17) is 11.6 Å². The van der Waals surface area contributed by atoms with Gasteiger partial charge in [-0.25, -0.2) is 9.97 Å². The first-order valence-corrected chi connectivity index (χ1v) is 6.41. The fourth-order valence-electron chi connectivity index (χ4n) is 1.82. The van der Waals surface area contributed by atoms with Crippen LogP contribution in [0.1, 0.15) is 19.8 Å². The molecule has 1 atom stereocenters. The summed E-state index contributed by atoms with van der Waals surface area (Å²) >= 11 is 5.79. The molecule has 1 N–H and O–H groups in total. The molecule has 0 spiro atoms. The summed E-state index contributed by atoms with van der Waals surface area (Å²) in [4.78, 5) is 8.56. The van der Waals surface area contributed by atoms with Crippen molar-refractivity contribution < 1.29 is 0 Å². The standard InChI is InChI=1S/C13H16ClN3/c1-2-10(7-8-14)17-13-11-5-3-4-6-12(11)15-9-16-13/h3-6,9-10H,2,7-8H2,1H3,(H,15,16,17). The second-order valence-electron chi connectivity index (χ2n) is 3.97. The Morgan fingerprint density at radius 2 is 2.12 bits per heavy atom. The lowest BCUT2D eigenvalue weighted by Crippen LogP contribution is -2.19. The summed E-state index contributed by atoms with van der Waals surface area (Å²) in [6, 6.07) is 8.37. The highest BCUT2D eigenvalue weighted by Crippen LogP contribution is 2.20. The van der Waals surface area contributed by atoms with Crippen molar-refractivity contribution in [2.45, 2.75) is 25.8 Å². The topological polar surface area (TPSA) is 37.8 Å². The molecular weight excluding hydrogens is 234 g/mol. The molecule has 1 heterocycles. The van der Waals surface area contributed by atoms with Gasteiger partial charge in [0.05, 0.1) is 5.52 Å². The number of aromatic nitrogens is 2. The SMILES string of the molecule is CCC(CCCl)Nc1ncnc2ccccc12. The molecule has 3 nitrogen and oxygen atoms in total. The Balaban J connectivity index is 2.28. The van der Waals surface area contributed by atoms with Gasteiger partial charge in [-0.15, -0.1) is 11.6 Å². The number of hydrogen-bond donors (Lipinski definition) is 1. The molecule has 17 heavy (non-hydrogen) atoms. The molecule has 2 rings (SSSR count). The van der Waals surface area contributed by atoms with Gasteiger partial charge in [-0.05, 0) is 25.0 Å². The summed E-state index contributed by atoms with van der Waals surface area (Å²) in [6.07, 6.45) is 3.57. The van der Waals surface area contributed by atoms with E-state index in [1.54, 1.807) is 6.33 Å². The zero-order chi connectivity index (χ0) is 12.1. The summed E-state index contributed by atoms with van der Waals surface area (Å²) in [5, 5.41) is 4.50. The van der Waals surface area contributed by atoms with Crippen LogP contribution >= 0.6 is 11.6 Å². The number of anilines is 1. The number of para-hydroxylation sites is 1. The molecule has 2 aromatic rings. The van der Waals surface area contributed by atoms with Gasteiger partial charge in [0.25, 0.3) is 0 Å². The largest absolute Gasteiger partial charge is 0.367 e. The molecule has 90 valence electrons. The normalized spacial score (nSPS) is 12.6. The molecule has 1 aromatic carbocycles. The lowest BCUT2D eigenvalue weighted by atomic mass is 10.1. The minimum Gasteiger partial charge on any atom is -0.367 e. The predicted molar refractivity (Wildman–Crippen MR) is 72.6 cm³/mol. The average Bonchev–Trinajstić information content (AvgIpc) is 2.38. The van der Waals surface area contributed by atoms with Crippen LogP contribution in [0.25, 0.3) is 10.9 Å². The van der Waals surface area contributed by atoms with Crippen molar-refractivity contribution in [3.05, 3.63) is 30.6 Å². The van der Waals surface area contributed by atoms with Gasteiger partial charge in [0, 0.05) is 17.3 Å². The fraction of sp³-hybridized carbons (Fsp3) is 0.385. The van der Waals surface area contributed by atoms with Gasteiger partial charge in [0.1, 0.15) is 12.1 Å². The van der Waals surface area contributed by atoms with E-state index in [0.29, 0.717) is 11.9 Å². The lowest BCUT2D eigenvalue weighted by molar-refractivity contribution is 0.673. The first-order valence-electron chi connectivity index (χ1n) is 5.87. The third-order valence-electron chi connectivity index (χ3n) is 2.83. The number of nitrogens with one attached hydrogen (secondary N) is 1. The minimum atomic E-state index is 0.366. The summed E-state index contributed by atoms with van der Waals surface area (Å²) in [7, 11) is 0. The number of halogens is 1. The number of alkyl halides is 1. The van der Waals surface area contributed by atoms with E-state index >= 15 is 0 Å². The van der Waals surface area contributed by atoms with Crippen molar-refractivity contribution in [2.24, 2.45) is 0 Å². The van der Waals surface area contributed by atoms with Gasteiger partial charge in [-0.2, -0.15) is 0 Å². The molecule has 0 aliphatic carbocycles. The van der Waals surface area contributed by atoms with E-state index in [2.05, 4.69) is 22.2 Å². The van der Waals surface area contributed by atoms with Gasteiger partial charge in [0.15, 0.2) is 0 Å². The maximum Gasteiger partial charge on any atom is 0.137 e.